The van der Waals surface area contributed by atoms with Crippen molar-refractivity contribution in [2.24, 2.45) is 5.84 Å². The molecule has 0 saturated carbocycles. The molecule has 0 radical (unpaired) electrons. The highest BCUT2D eigenvalue weighted by Crippen LogP contribution is 2.31. The van der Waals surface area contributed by atoms with Gasteiger partial charge in [-0.1, -0.05) is 12.1 Å². The van der Waals surface area contributed by atoms with Crippen molar-refractivity contribution in [3.63, 3.8) is 0 Å². The lowest BCUT2D eigenvalue weighted by molar-refractivity contribution is -0.0150. The number of hydrogen-bond donors (Lipinski definition) is 2. The van der Waals surface area contributed by atoms with E-state index < -0.39 is 0 Å². The minimum Gasteiger partial charge on any atom is -0.496 e. The molecule has 0 aromatic heterocycles. The highest BCUT2D eigenvalue weighted by Gasteiger charge is 2.20. The predicted octanol–water partition coefficient (Wildman–Crippen LogP) is 2.63. The van der Waals surface area contributed by atoms with Crippen molar-refractivity contribution in [1.29, 1.82) is 0 Å². The van der Waals surface area contributed by atoms with Crippen molar-refractivity contribution in [3.8, 4) is 5.75 Å². The summed E-state index contributed by atoms with van der Waals surface area (Å²) in [4.78, 5) is 0. The molecule has 1 aromatic rings. The van der Waals surface area contributed by atoms with Crippen LogP contribution in [0.3, 0.4) is 0 Å². The van der Waals surface area contributed by atoms with E-state index in [2.05, 4.69) is 25.3 Å². The highest BCUT2D eigenvalue weighted by molar-refractivity contribution is 5.46. The van der Waals surface area contributed by atoms with E-state index in [1.54, 1.807) is 7.11 Å². The standard InChI is InChI=1S/C15H26N2O2/c1-10-7-8-12(14(18-6)11(10)2)13(17-16)9-19-15(3,4)5/h7-8,13,17H,9,16H2,1-6H3. The molecular formula is C15H26N2O2. The van der Waals surface area contributed by atoms with Crippen LogP contribution in [0, 0.1) is 13.8 Å². The Morgan fingerprint density at radius 2 is 1.89 bits per heavy atom. The molecule has 3 N–H and O–H groups in total. The van der Waals surface area contributed by atoms with Crippen LogP contribution in [0.5, 0.6) is 5.75 Å². The second-order valence-corrected chi connectivity index (χ2v) is 5.77. The molecule has 1 rings (SSSR count). The molecular weight excluding hydrogens is 240 g/mol. The van der Waals surface area contributed by atoms with Crippen molar-refractivity contribution in [2.75, 3.05) is 13.7 Å². The van der Waals surface area contributed by atoms with Crippen LogP contribution in [0.25, 0.3) is 0 Å². The summed E-state index contributed by atoms with van der Waals surface area (Å²) in [5.74, 6) is 6.54. The van der Waals surface area contributed by atoms with Gasteiger partial charge in [-0.15, -0.1) is 0 Å². The Labute approximate surface area is 116 Å². The molecule has 0 aliphatic rings. The van der Waals surface area contributed by atoms with Crippen LogP contribution in [0.2, 0.25) is 0 Å². The van der Waals surface area contributed by atoms with Crippen LogP contribution in [0.4, 0.5) is 0 Å². The summed E-state index contributed by atoms with van der Waals surface area (Å²) in [6.45, 7) is 10.7. The van der Waals surface area contributed by atoms with E-state index in [4.69, 9.17) is 15.3 Å². The number of hydrazine groups is 1. The Hall–Kier alpha value is -1.10. The van der Waals surface area contributed by atoms with Gasteiger partial charge in [0.05, 0.1) is 25.4 Å². The first-order valence-corrected chi connectivity index (χ1v) is 6.54. The SMILES string of the molecule is COc1c(C(COC(C)(C)C)NN)ccc(C)c1C. The molecule has 0 bridgehead atoms. The van der Waals surface area contributed by atoms with Crippen LogP contribution in [-0.2, 0) is 4.74 Å². The smallest absolute Gasteiger partial charge is 0.126 e. The minimum absolute atomic E-state index is 0.0894. The number of hydrogen-bond acceptors (Lipinski definition) is 4. The summed E-state index contributed by atoms with van der Waals surface area (Å²) in [5, 5.41) is 0. The van der Waals surface area contributed by atoms with Crippen molar-refractivity contribution in [2.45, 2.75) is 46.3 Å². The Morgan fingerprint density at radius 3 is 2.37 bits per heavy atom. The lowest BCUT2D eigenvalue weighted by Gasteiger charge is -2.26. The molecule has 1 unspecified atom stereocenters. The van der Waals surface area contributed by atoms with Gasteiger partial charge >= 0.3 is 0 Å². The van der Waals surface area contributed by atoms with Gasteiger partial charge in [-0.2, -0.15) is 0 Å². The number of ether oxygens (including phenoxy) is 2. The van der Waals surface area contributed by atoms with E-state index in [0.29, 0.717) is 6.61 Å². The van der Waals surface area contributed by atoms with Crippen LogP contribution in [-0.4, -0.2) is 19.3 Å². The number of rotatable bonds is 5. The molecule has 19 heavy (non-hydrogen) atoms. The van der Waals surface area contributed by atoms with Crippen LogP contribution in [0.1, 0.15) is 43.5 Å². The third-order valence-corrected chi connectivity index (χ3v) is 3.17. The number of methoxy groups -OCH3 is 1. The maximum Gasteiger partial charge on any atom is 0.126 e. The lowest BCUT2D eigenvalue weighted by Crippen LogP contribution is -2.34. The molecule has 0 aliphatic carbocycles. The Morgan fingerprint density at radius 1 is 1.26 bits per heavy atom. The van der Waals surface area contributed by atoms with Crippen molar-refractivity contribution < 1.29 is 9.47 Å². The fourth-order valence-corrected chi connectivity index (χ4v) is 1.92. The number of aryl methyl sites for hydroxylation is 1. The molecule has 0 heterocycles. The molecule has 4 heteroatoms. The number of nitrogens with two attached hydrogens (primary N) is 1. The van der Waals surface area contributed by atoms with E-state index >= 15 is 0 Å². The normalized spacial score (nSPS) is 13.4. The van der Waals surface area contributed by atoms with Gasteiger partial charge in [0, 0.05) is 5.56 Å². The molecule has 0 saturated heterocycles. The van der Waals surface area contributed by atoms with E-state index in [0.717, 1.165) is 16.9 Å². The zero-order valence-corrected chi connectivity index (χ0v) is 12.8. The van der Waals surface area contributed by atoms with Gasteiger partial charge in [0.2, 0.25) is 0 Å². The Balaban J connectivity index is 3.01. The topological polar surface area (TPSA) is 56.5 Å². The van der Waals surface area contributed by atoms with Crippen LogP contribution in [0.15, 0.2) is 12.1 Å². The van der Waals surface area contributed by atoms with Gasteiger partial charge < -0.3 is 9.47 Å². The van der Waals surface area contributed by atoms with Crippen molar-refractivity contribution >= 4 is 0 Å². The van der Waals surface area contributed by atoms with Crippen LogP contribution >= 0.6 is 0 Å². The van der Waals surface area contributed by atoms with Crippen molar-refractivity contribution in [3.05, 3.63) is 28.8 Å². The number of benzene rings is 1. The second-order valence-electron chi connectivity index (χ2n) is 5.77. The van der Waals surface area contributed by atoms with Gasteiger partial charge in [-0.05, 0) is 45.7 Å². The Bertz CT molecular complexity index is 425. The van der Waals surface area contributed by atoms with E-state index in [1.165, 1.54) is 5.56 Å². The predicted molar refractivity (Wildman–Crippen MR) is 78.2 cm³/mol. The summed E-state index contributed by atoms with van der Waals surface area (Å²) < 4.78 is 11.3. The third-order valence-electron chi connectivity index (χ3n) is 3.17. The molecule has 1 atom stereocenters. The van der Waals surface area contributed by atoms with E-state index in [1.807, 2.05) is 26.8 Å². The lowest BCUT2D eigenvalue weighted by atomic mass is 9.99. The highest BCUT2D eigenvalue weighted by atomic mass is 16.5. The van der Waals surface area contributed by atoms with E-state index in [9.17, 15) is 0 Å². The first-order chi connectivity index (χ1) is 8.80. The van der Waals surface area contributed by atoms with E-state index in [-0.39, 0.29) is 11.6 Å². The molecule has 0 amide bonds. The molecule has 0 fully saturated rings. The summed E-state index contributed by atoms with van der Waals surface area (Å²) in [6.07, 6.45) is 0. The fourth-order valence-electron chi connectivity index (χ4n) is 1.92. The zero-order valence-electron chi connectivity index (χ0n) is 12.8. The first-order valence-electron chi connectivity index (χ1n) is 6.54. The van der Waals surface area contributed by atoms with Gasteiger partial charge in [-0.25, -0.2) is 0 Å². The number of nitrogens with one attached hydrogen (secondary N) is 1. The summed E-state index contributed by atoms with van der Waals surface area (Å²) in [5.41, 5.74) is 5.98. The zero-order chi connectivity index (χ0) is 14.6. The fraction of sp³-hybridized carbons (Fsp3) is 0.600. The maximum atomic E-state index is 5.81. The van der Waals surface area contributed by atoms with Gasteiger partial charge in [0.1, 0.15) is 5.75 Å². The summed E-state index contributed by atoms with van der Waals surface area (Å²) >= 11 is 0. The summed E-state index contributed by atoms with van der Waals surface area (Å²) in [7, 11) is 1.68. The van der Waals surface area contributed by atoms with Crippen LogP contribution < -0.4 is 16.0 Å². The van der Waals surface area contributed by atoms with Gasteiger partial charge in [0.25, 0.3) is 0 Å². The Kier molecular flexibility index (Phi) is 5.35. The molecule has 108 valence electrons. The molecule has 0 spiro atoms. The third kappa shape index (κ3) is 4.20. The summed E-state index contributed by atoms with van der Waals surface area (Å²) in [6, 6.07) is 4.03. The largest absolute Gasteiger partial charge is 0.496 e. The maximum absolute atomic E-state index is 5.81. The molecule has 0 aliphatic heterocycles. The minimum atomic E-state index is -0.192. The quantitative estimate of drug-likeness (QED) is 0.635. The monoisotopic (exact) mass is 266 g/mol. The van der Waals surface area contributed by atoms with Gasteiger partial charge in [-0.3, -0.25) is 11.3 Å². The average molecular weight is 266 g/mol. The molecule has 4 nitrogen and oxygen atoms in total. The average Bonchev–Trinajstić information content (AvgIpc) is 2.33. The van der Waals surface area contributed by atoms with Gasteiger partial charge in [0.15, 0.2) is 0 Å². The second kappa shape index (κ2) is 6.37. The van der Waals surface area contributed by atoms with Crippen molar-refractivity contribution in [1.82, 2.24) is 5.43 Å². The molecule has 1 aromatic carbocycles. The first kappa shape index (κ1) is 16.0.